The lowest BCUT2D eigenvalue weighted by Crippen LogP contribution is -2.17. The van der Waals surface area contributed by atoms with Gasteiger partial charge in [-0.1, -0.05) is 0 Å². The highest BCUT2D eigenvalue weighted by Gasteiger charge is 2.16. The fourth-order valence-electron chi connectivity index (χ4n) is 1.62. The van der Waals surface area contributed by atoms with Crippen LogP contribution in [0.4, 0.5) is 5.69 Å². The highest BCUT2D eigenvalue weighted by molar-refractivity contribution is 7.89. The third-order valence-electron chi connectivity index (χ3n) is 2.77. The molecular weight excluding hydrogens is 296 g/mol. The maximum atomic E-state index is 11.5. The average Bonchev–Trinajstić information content (AvgIpc) is 2.95. The molecule has 0 aliphatic rings. The second-order valence-electron chi connectivity index (χ2n) is 4.16. The summed E-state index contributed by atoms with van der Waals surface area (Å²) in [5.41, 5.74) is 0.898. The van der Waals surface area contributed by atoms with Gasteiger partial charge in [0, 0.05) is 5.69 Å². The van der Waals surface area contributed by atoms with E-state index < -0.39 is 16.0 Å². The first kappa shape index (κ1) is 15.1. The first-order chi connectivity index (χ1) is 9.92. The number of rotatable bonds is 6. The fourth-order valence-corrected chi connectivity index (χ4v) is 2.28. The van der Waals surface area contributed by atoms with E-state index in [9.17, 15) is 13.2 Å². The van der Waals surface area contributed by atoms with Crippen molar-refractivity contribution in [1.82, 2.24) is 4.72 Å². The predicted octanol–water partition coefficient (Wildman–Crippen LogP) is 1.50. The fraction of sp³-hybridized carbons (Fsp3) is 0.154. The van der Waals surface area contributed by atoms with Crippen LogP contribution in [-0.2, 0) is 16.6 Å². The normalized spacial score (nSPS) is 11.3. The van der Waals surface area contributed by atoms with Gasteiger partial charge in [0.25, 0.3) is 10.0 Å². The average molecular weight is 310 g/mol. The molecule has 1 heterocycles. The minimum atomic E-state index is -3.59. The van der Waals surface area contributed by atoms with Gasteiger partial charge in [-0.25, -0.2) is 17.9 Å². The second kappa shape index (κ2) is 5.98. The molecule has 0 unspecified atom stereocenters. The minimum Gasteiger partial charge on any atom is -0.478 e. The maximum Gasteiger partial charge on any atom is 0.335 e. The van der Waals surface area contributed by atoms with Crippen LogP contribution < -0.4 is 10.0 Å². The van der Waals surface area contributed by atoms with Gasteiger partial charge in [0.15, 0.2) is 0 Å². The Morgan fingerprint density at radius 3 is 2.43 bits per heavy atom. The highest BCUT2D eigenvalue weighted by Crippen LogP contribution is 2.16. The third-order valence-corrected chi connectivity index (χ3v) is 4.06. The van der Waals surface area contributed by atoms with Crippen molar-refractivity contribution in [3.8, 4) is 0 Å². The summed E-state index contributed by atoms with van der Waals surface area (Å²) in [5, 5.41) is 11.6. The standard InChI is InChI=1S/C13H14N2O5S/c1-14-21(18,19)12-7-6-11(20-12)8-15-10-4-2-9(3-5-10)13(16)17/h2-7,14-15H,8H2,1H3,(H,16,17). The van der Waals surface area contributed by atoms with E-state index in [0.29, 0.717) is 11.4 Å². The molecule has 0 saturated carbocycles. The van der Waals surface area contributed by atoms with Gasteiger partial charge >= 0.3 is 5.97 Å². The Labute approximate surface area is 121 Å². The van der Waals surface area contributed by atoms with Gasteiger partial charge in [-0.2, -0.15) is 0 Å². The molecule has 0 spiro atoms. The Hall–Kier alpha value is -2.32. The molecule has 21 heavy (non-hydrogen) atoms. The number of anilines is 1. The van der Waals surface area contributed by atoms with Crippen LogP contribution in [0.1, 0.15) is 16.1 Å². The minimum absolute atomic E-state index is 0.150. The predicted molar refractivity (Wildman–Crippen MR) is 75.7 cm³/mol. The van der Waals surface area contributed by atoms with E-state index in [2.05, 4.69) is 10.0 Å². The summed E-state index contributed by atoms with van der Waals surface area (Å²) in [7, 11) is -2.28. The Morgan fingerprint density at radius 1 is 1.19 bits per heavy atom. The van der Waals surface area contributed by atoms with Crippen molar-refractivity contribution in [2.75, 3.05) is 12.4 Å². The molecule has 2 aromatic rings. The van der Waals surface area contributed by atoms with E-state index in [1.807, 2.05) is 0 Å². The van der Waals surface area contributed by atoms with Crippen LogP contribution in [0.15, 0.2) is 45.9 Å². The lowest BCUT2D eigenvalue weighted by atomic mass is 10.2. The first-order valence-electron chi connectivity index (χ1n) is 6.02. The van der Waals surface area contributed by atoms with Gasteiger partial charge in [-0.15, -0.1) is 0 Å². The van der Waals surface area contributed by atoms with Crippen molar-refractivity contribution in [2.45, 2.75) is 11.6 Å². The summed E-state index contributed by atoms with van der Waals surface area (Å²) < 4.78 is 30.4. The molecule has 7 nitrogen and oxygen atoms in total. The van der Waals surface area contributed by atoms with E-state index in [1.165, 1.54) is 25.2 Å². The zero-order valence-corrected chi connectivity index (χ0v) is 12.0. The summed E-state index contributed by atoms with van der Waals surface area (Å²) >= 11 is 0. The summed E-state index contributed by atoms with van der Waals surface area (Å²) in [5.74, 6) is -0.541. The van der Waals surface area contributed by atoms with E-state index in [4.69, 9.17) is 9.52 Å². The number of hydrogen-bond acceptors (Lipinski definition) is 5. The van der Waals surface area contributed by atoms with Crippen molar-refractivity contribution in [3.05, 3.63) is 47.7 Å². The van der Waals surface area contributed by atoms with Crippen LogP contribution >= 0.6 is 0 Å². The maximum absolute atomic E-state index is 11.5. The largest absolute Gasteiger partial charge is 0.478 e. The van der Waals surface area contributed by atoms with Crippen LogP contribution in [-0.4, -0.2) is 26.5 Å². The number of aromatic carboxylic acids is 1. The van der Waals surface area contributed by atoms with E-state index in [0.717, 1.165) is 0 Å². The van der Waals surface area contributed by atoms with Crippen LogP contribution in [0.3, 0.4) is 0 Å². The first-order valence-corrected chi connectivity index (χ1v) is 7.50. The molecule has 0 aliphatic carbocycles. The lowest BCUT2D eigenvalue weighted by molar-refractivity contribution is 0.0697. The van der Waals surface area contributed by atoms with Crippen LogP contribution in [0, 0.1) is 0 Å². The lowest BCUT2D eigenvalue weighted by Gasteiger charge is -2.04. The molecule has 0 radical (unpaired) electrons. The van der Waals surface area contributed by atoms with E-state index in [-0.39, 0.29) is 17.2 Å². The Morgan fingerprint density at radius 2 is 1.86 bits per heavy atom. The molecule has 1 aromatic heterocycles. The number of benzene rings is 1. The molecule has 0 aliphatic heterocycles. The second-order valence-corrected chi connectivity index (χ2v) is 5.98. The summed E-state index contributed by atoms with van der Waals surface area (Å²) in [4.78, 5) is 10.7. The number of carboxylic acids is 1. The van der Waals surface area contributed by atoms with E-state index >= 15 is 0 Å². The number of hydrogen-bond donors (Lipinski definition) is 3. The summed E-state index contributed by atoms with van der Waals surface area (Å²) in [6, 6.07) is 9.13. The van der Waals surface area contributed by atoms with Crippen molar-refractivity contribution < 1.29 is 22.7 Å². The molecule has 0 bridgehead atoms. The molecule has 0 fully saturated rings. The zero-order chi connectivity index (χ0) is 15.5. The van der Waals surface area contributed by atoms with Gasteiger partial charge < -0.3 is 14.8 Å². The van der Waals surface area contributed by atoms with Crippen molar-refractivity contribution in [2.24, 2.45) is 0 Å². The van der Waals surface area contributed by atoms with Crippen LogP contribution in [0.5, 0.6) is 0 Å². The Bertz CT molecular complexity index is 734. The van der Waals surface area contributed by atoms with Gasteiger partial charge in [0.2, 0.25) is 5.09 Å². The van der Waals surface area contributed by atoms with Crippen LogP contribution in [0.25, 0.3) is 0 Å². The van der Waals surface area contributed by atoms with Crippen LogP contribution in [0.2, 0.25) is 0 Å². The van der Waals surface area contributed by atoms with Gasteiger partial charge in [-0.3, -0.25) is 0 Å². The number of nitrogens with one attached hydrogen (secondary N) is 2. The SMILES string of the molecule is CNS(=O)(=O)c1ccc(CNc2ccc(C(=O)O)cc2)o1. The van der Waals surface area contributed by atoms with E-state index in [1.54, 1.807) is 18.2 Å². The molecule has 8 heteroatoms. The quantitative estimate of drug-likeness (QED) is 0.746. The molecule has 3 N–H and O–H groups in total. The summed E-state index contributed by atoms with van der Waals surface area (Å²) in [6.45, 7) is 0.283. The Kier molecular flexibility index (Phi) is 4.29. The Balaban J connectivity index is 2.02. The summed E-state index contributed by atoms with van der Waals surface area (Å²) in [6.07, 6.45) is 0. The number of carbonyl (C=O) groups is 1. The van der Waals surface area contributed by atoms with Crippen molar-refractivity contribution in [3.63, 3.8) is 0 Å². The van der Waals surface area contributed by atoms with Crippen molar-refractivity contribution in [1.29, 1.82) is 0 Å². The van der Waals surface area contributed by atoms with Gasteiger partial charge in [-0.05, 0) is 43.4 Å². The number of carboxylic acid groups (broad SMARTS) is 1. The molecular formula is C13H14N2O5S. The number of furan rings is 1. The molecule has 1 aromatic carbocycles. The molecule has 112 valence electrons. The zero-order valence-electron chi connectivity index (χ0n) is 11.2. The topological polar surface area (TPSA) is 109 Å². The molecule has 0 atom stereocenters. The van der Waals surface area contributed by atoms with Gasteiger partial charge in [0.05, 0.1) is 12.1 Å². The molecule has 2 rings (SSSR count). The smallest absolute Gasteiger partial charge is 0.335 e. The monoisotopic (exact) mass is 310 g/mol. The number of sulfonamides is 1. The molecule has 0 saturated heterocycles. The molecule has 0 amide bonds. The van der Waals surface area contributed by atoms with Gasteiger partial charge in [0.1, 0.15) is 5.76 Å². The van der Waals surface area contributed by atoms with Crippen molar-refractivity contribution >= 4 is 21.7 Å². The highest BCUT2D eigenvalue weighted by atomic mass is 32.2. The third kappa shape index (κ3) is 3.61.